The van der Waals surface area contributed by atoms with Crippen LogP contribution in [0.15, 0.2) is 0 Å². The number of unbranched alkanes of at least 4 members (excludes halogenated alkanes) is 15. The predicted molar refractivity (Wildman–Crippen MR) is 144 cm³/mol. The van der Waals surface area contributed by atoms with Crippen molar-refractivity contribution in [2.75, 3.05) is 42.0 Å². The summed E-state index contributed by atoms with van der Waals surface area (Å²) in [6, 6.07) is 0.680. The number of quaternary nitrogens is 1. The lowest BCUT2D eigenvalue weighted by atomic mass is 10.0. The number of hydrogen-bond acceptors (Lipinski definition) is 3. The Balaban J connectivity index is 3.75. The van der Waals surface area contributed by atoms with Crippen molar-refractivity contribution in [2.24, 2.45) is 0 Å². The van der Waals surface area contributed by atoms with Crippen molar-refractivity contribution in [1.29, 1.82) is 0 Å². The van der Waals surface area contributed by atoms with Crippen molar-refractivity contribution >= 4 is 0 Å². The van der Waals surface area contributed by atoms with Gasteiger partial charge < -0.3 is 18.7 Å². The van der Waals surface area contributed by atoms with Crippen molar-refractivity contribution in [2.45, 2.75) is 148 Å². The van der Waals surface area contributed by atoms with Gasteiger partial charge in [-0.15, -0.1) is 0 Å². The van der Waals surface area contributed by atoms with E-state index in [1.54, 1.807) is 21.3 Å². The summed E-state index contributed by atoms with van der Waals surface area (Å²) in [5.41, 5.74) is 0. The molecule has 0 saturated heterocycles. The van der Waals surface area contributed by atoms with Crippen LogP contribution in [0.25, 0.3) is 0 Å². The molecular weight excluding hydrogens is 410 g/mol. The second-order valence-corrected chi connectivity index (χ2v) is 10.7. The van der Waals surface area contributed by atoms with E-state index in [9.17, 15) is 0 Å². The minimum Gasteiger partial charge on any atom is -0.331 e. The average molecular weight is 473 g/mol. The van der Waals surface area contributed by atoms with Gasteiger partial charge in [-0.3, -0.25) is 0 Å². The molecule has 0 spiro atoms. The molecule has 200 valence electrons. The van der Waals surface area contributed by atoms with E-state index in [-0.39, 0.29) is 0 Å². The molecule has 0 fully saturated rings. The molecule has 4 nitrogen and oxygen atoms in total. The summed E-state index contributed by atoms with van der Waals surface area (Å²) in [7, 11) is 9.64. The summed E-state index contributed by atoms with van der Waals surface area (Å²) in [5, 5.41) is 0. The Kier molecular flexibility index (Phi) is 21.0. The first-order valence-electron chi connectivity index (χ1n) is 14.4. The maximum absolute atomic E-state index is 5.48. The topological polar surface area (TPSA) is 27.7 Å². The van der Waals surface area contributed by atoms with Crippen molar-refractivity contribution in [3.05, 3.63) is 0 Å². The fraction of sp³-hybridized carbons (Fsp3) is 1.00. The predicted octanol–water partition coefficient (Wildman–Crippen LogP) is 8.48. The van der Waals surface area contributed by atoms with Crippen LogP contribution in [0.1, 0.15) is 136 Å². The van der Waals surface area contributed by atoms with Crippen LogP contribution < -0.4 is 0 Å². The maximum atomic E-state index is 5.48. The molecule has 0 saturated carbocycles. The van der Waals surface area contributed by atoms with Crippen molar-refractivity contribution in [3.63, 3.8) is 0 Å². The molecular formula is C29H62NO3+. The van der Waals surface area contributed by atoms with E-state index in [4.69, 9.17) is 14.2 Å². The highest BCUT2D eigenvalue weighted by Gasteiger charge is 2.35. The molecule has 1 unspecified atom stereocenters. The highest BCUT2D eigenvalue weighted by atomic mass is 16.9. The van der Waals surface area contributed by atoms with Crippen LogP contribution in [-0.2, 0) is 14.2 Å². The quantitative estimate of drug-likeness (QED) is 0.0757. The van der Waals surface area contributed by atoms with Crippen LogP contribution in [-0.4, -0.2) is 58.5 Å². The Morgan fingerprint density at radius 3 is 1.27 bits per heavy atom. The first-order valence-corrected chi connectivity index (χ1v) is 14.4. The maximum Gasteiger partial charge on any atom is 0.287 e. The lowest BCUT2D eigenvalue weighted by Gasteiger charge is -2.40. The second-order valence-electron chi connectivity index (χ2n) is 10.7. The zero-order chi connectivity index (χ0) is 24.8. The van der Waals surface area contributed by atoms with E-state index < -0.39 is 5.97 Å². The molecule has 0 amide bonds. The molecule has 0 aliphatic heterocycles. The van der Waals surface area contributed by atoms with Crippen molar-refractivity contribution in [3.8, 4) is 0 Å². The van der Waals surface area contributed by atoms with Crippen LogP contribution in [0.5, 0.6) is 0 Å². The molecule has 0 aliphatic carbocycles. The molecule has 0 aromatic carbocycles. The molecule has 1 atom stereocenters. The fourth-order valence-corrected chi connectivity index (χ4v) is 5.14. The standard InChI is InChI=1S/C29H62NO3/c1-8-10-11-12-13-14-15-16-17-18-19-20-21-22-23-24-25-28(9-2)30(3,4)27-26-29(31-5,32-6)33-7/h28H,8-27H2,1-7H3/q+1. The lowest BCUT2D eigenvalue weighted by Crippen LogP contribution is -2.52. The largest absolute Gasteiger partial charge is 0.331 e. The molecule has 0 bridgehead atoms. The van der Waals surface area contributed by atoms with Crippen LogP contribution in [0.4, 0.5) is 0 Å². The minimum absolute atomic E-state index is 0.680. The molecule has 0 heterocycles. The minimum atomic E-state index is -0.915. The van der Waals surface area contributed by atoms with Crippen LogP contribution in [0, 0.1) is 0 Å². The number of nitrogens with zero attached hydrogens (tertiary/aromatic N) is 1. The summed E-state index contributed by atoms with van der Waals surface area (Å²) >= 11 is 0. The zero-order valence-electron chi connectivity index (χ0n) is 23.9. The molecule has 0 radical (unpaired) electrons. The molecule has 0 aliphatic rings. The van der Waals surface area contributed by atoms with Gasteiger partial charge in [0.25, 0.3) is 5.97 Å². The highest BCUT2D eigenvalue weighted by Crippen LogP contribution is 2.24. The summed E-state index contributed by atoms with van der Waals surface area (Å²) in [4.78, 5) is 0. The fourth-order valence-electron chi connectivity index (χ4n) is 5.14. The van der Waals surface area contributed by atoms with Crippen LogP contribution >= 0.6 is 0 Å². The van der Waals surface area contributed by atoms with Gasteiger partial charge in [0.15, 0.2) is 0 Å². The van der Waals surface area contributed by atoms with Crippen molar-refractivity contribution in [1.82, 2.24) is 0 Å². The van der Waals surface area contributed by atoms with Gasteiger partial charge in [0.1, 0.15) is 0 Å². The van der Waals surface area contributed by atoms with Gasteiger partial charge in [0.2, 0.25) is 0 Å². The van der Waals surface area contributed by atoms with E-state index in [0.717, 1.165) is 17.4 Å². The van der Waals surface area contributed by atoms with E-state index in [1.165, 1.54) is 116 Å². The summed E-state index contributed by atoms with van der Waals surface area (Å²) in [5.74, 6) is -0.915. The Morgan fingerprint density at radius 1 is 0.576 bits per heavy atom. The third-order valence-corrected chi connectivity index (χ3v) is 7.78. The zero-order valence-corrected chi connectivity index (χ0v) is 23.9. The molecule has 0 aromatic heterocycles. The molecule has 33 heavy (non-hydrogen) atoms. The Labute approximate surface area is 208 Å². The summed E-state index contributed by atoms with van der Waals surface area (Å²) < 4.78 is 17.4. The van der Waals surface area contributed by atoms with Gasteiger partial charge in [0, 0.05) is 21.3 Å². The Bertz CT molecular complexity index is 401. The molecule has 0 N–H and O–H groups in total. The van der Waals surface area contributed by atoms with Crippen molar-refractivity contribution < 1.29 is 18.7 Å². The second kappa shape index (κ2) is 21.1. The third kappa shape index (κ3) is 16.2. The normalized spacial score (nSPS) is 13.5. The Morgan fingerprint density at radius 2 is 0.939 bits per heavy atom. The SMILES string of the molecule is CCCCCCCCCCCCCCCCCCC(CC)[N+](C)(C)CCC(OC)(OC)OC. The number of rotatable bonds is 25. The first kappa shape index (κ1) is 32.8. The van der Waals surface area contributed by atoms with Gasteiger partial charge in [-0.05, 0) is 19.3 Å². The van der Waals surface area contributed by atoms with Gasteiger partial charge in [0.05, 0.1) is 33.1 Å². The third-order valence-electron chi connectivity index (χ3n) is 7.78. The number of ether oxygens (including phenoxy) is 3. The van der Waals surface area contributed by atoms with Gasteiger partial charge in [-0.1, -0.05) is 110 Å². The summed E-state index contributed by atoms with van der Waals surface area (Å²) in [6.45, 7) is 5.60. The Hall–Kier alpha value is -0.160. The highest BCUT2D eigenvalue weighted by molar-refractivity contribution is 4.61. The summed E-state index contributed by atoms with van der Waals surface area (Å²) in [6.07, 6.45) is 26.1. The number of methoxy groups -OCH3 is 3. The van der Waals surface area contributed by atoms with Gasteiger partial charge in [-0.2, -0.15) is 0 Å². The lowest BCUT2D eigenvalue weighted by molar-refractivity contribution is -0.917. The average Bonchev–Trinajstić information content (AvgIpc) is 2.82. The van der Waals surface area contributed by atoms with Crippen LogP contribution in [0.3, 0.4) is 0 Å². The van der Waals surface area contributed by atoms with E-state index >= 15 is 0 Å². The molecule has 4 heteroatoms. The van der Waals surface area contributed by atoms with E-state index in [0.29, 0.717) is 6.04 Å². The van der Waals surface area contributed by atoms with Gasteiger partial charge >= 0.3 is 0 Å². The molecule has 0 aromatic rings. The monoisotopic (exact) mass is 472 g/mol. The van der Waals surface area contributed by atoms with E-state index in [1.807, 2.05) is 0 Å². The van der Waals surface area contributed by atoms with Crippen LogP contribution in [0.2, 0.25) is 0 Å². The van der Waals surface area contributed by atoms with Gasteiger partial charge in [-0.25, -0.2) is 0 Å². The number of hydrogen-bond donors (Lipinski definition) is 0. The first-order chi connectivity index (χ1) is 15.9. The molecule has 0 rings (SSSR count). The smallest absolute Gasteiger partial charge is 0.287 e. The van der Waals surface area contributed by atoms with E-state index in [2.05, 4.69) is 27.9 Å².